The summed E-state index contributed by atoms with van der Waals surface area (Å²) in [4.78, 5) is 0. The predicted molar refractivity (Wildman–Crippen MR) is 81.9 cm³/mol. The second-order valence-electron chi connectivity index (χ2n) is 6.02. The third kappa shape index (κ3) is 6.07. The van der Waals surface area contributed by atoms with Crippen LogP contribution in [0.3, 0.4) is 0 Å². The van der Waals surface area contributed by atoms with E-state index in [1.54, 1.807) is 0 Å². The summed E-state index contributed by atoms with van der Waals surface area (Å²) in [6.45, 7) is 7.45. The highest BCUT2D eigenvalue weighted by atomic mass is 16.7. The Bertz CT molecular complexity index is 289. The average Bonchev–Trinajstić information content (AvgIpc) is 2.53. The lowest BCUT2D eigenvalue weighted by Gasteiger charge is -2.32. The Morgan fingerprint density at radius 2 is 1.43 bits per heavy atom. The number of hydrogen-bond donors (Lipinski definition) is 0. The van der Waals surface area contributed by atoms with E-state index in [1.165, 1.54) is 0 Å². The molecule has 122 valence electrons. The average molecular weight is 298 g/mol. The van der Waals surface area contributed by atoms with Crippen LogP contribution in [0.15, 0.2) is 12.2 Å². The van der Waals surface area contributed by atoms with Crippen molar-refractivity contribution in [2.75, 3.05) is 26.4 Å². The molecule has 0 aromatic rings. The monoisotopic (exact) mass is 298 g/mol. The lowest BCUT2D eigenvalue weighted by atomic mass is 10.0. The maximum atomic E-state index is 5.78. The van der Waals surface area contributed by atoms with E-state index in [4.69, 9.17) is 18.9 Å². The van der Waals surface area contributed by atoms with Crippen LogP contribution in [0.2, 0.25) is 0 Å². The molecule has 0 spiro atoms. The molecule has 2 rings (SSSR count). The fraction of sp³-hybridized carbons (Fsp3) is 0.882. The van der Waals surface area contributed by atoms with Crippen LogP contribution in [-0.4, -0.2) is 39.0 Å². The van der Waals surface area contributed by atoms with Gasteiger partial charge in [0.05, 0.1) is 26.4 Å². The molecule has 4 nitrogen and oxygen atoms in total. The summed E-state index contributed by atoms with van der Waals surface area (Å²) in [6.07, 6.45) is 9.48. The molecule has 0 aliphatic carbocycles. The van der Waals surface area contributed by atoms with Crippen molar-refractivity contribution in [3.8, 4) is 0 Å². The van der Waals surface area contributed by atoms with Crippen molar-refractivity contribution in [3.63, 3.8) is 0 Å². The van der Waals surface area contributed by atoms with Crippen molar-refractivity contribution < 1.29 is 18.9 Å². The smallest absolute Gasteiger partial charge is 0.157 e. The van der Waals surface area contributed by atoms with Crippen LogP contribution >= 0.6 is 0 Å². The van der Waals surface area contributed by atoms with Gasteiger partial charge in [0, 0.05) is 11.8 Å². The van der Waals surface area contributed by atoms with Crippen LogP contribution in [-0.2, 0) is 18.9 Å². The minimum atomic E-state index is -0.0513. The van der Waals surface area contributed by atoms with Crippen molar-refractivity contribution in [2.24, 2.45) is 11.8 Å². The summed E-state index contributed by atoms with van der Waals surface area (Å²) in [5.74, 6) is 0.889. The fourth-order valence-electron chi connectivity index (χ4n) is 2.69. The highest BCUT2D eigenvalue weighted by Gasteiger charge is 2.25. The third-order valence-corrected chi connectivity index (χ3v) is 4.01. The van der Waals surface area contributed by atoms with Crippen molar-refractivity contribution in [2.45, 2.75) is 58.5 Å². The maximum absolute atomic E-state index is 5.78. The van der Waals surface area contributed by atoms with E-state index in [0.717, 1.165) is 58.5 Å². The highest BCUT2D eigenvalue weighted by Crippen LogP contribution is 2.22. The summed E-state index contributed by atoms with van der Waals surface area (Å²) >= 11 is 0. The molecule has 4 heteroatoms. The second kappa shape index (κ2) is 9.57. The van der Waals surface area contributed by atoms with Crippen LogP contribution in [0.5, 0.6) is 0 Å². The lowest BCUT2D eigenvalue weighted by Crippen LogP contribution is -2.34. The van der Waals surface area contributed by atoms with Gasteiger partial charge in [0.2, 0.25) is 0 Å². The molecule has 0 saturated carbocycles. The summed E-state index contributed by atoms with van der Waals surface area (Å²) in [7, 11) is 0. The summed E-state index contributed by atoms with van der Waals surface area (Å²) in [5, 5.41) is 0. The van der Waals surface area contributed by atoms with Gasteiger partial charge in [0.25, 0.3) is 0 Å². The quantitative estimate of drug-likeness (QED) is 0.674. The molecule has 0 radical (unpaired) electrons. The van der Waals surface area contributed by atoms with Crippen LogP contribution in [0, 0.1) is 11.8 Å². The van der Waals surface area contributed by atoms with Gasteiger partial charge in [-0.3, -0.25) is 0 Å². The standard InChI is InChI=1S/C17H30O4/c1-3-5-7-14-10-20-17(21-11-14)9-8-15-12-18-16(6-4-2)19-13-15/h5,7,14-17H,3-4,6,8-13H2,1-2H3/b7-5+/t14?,15-,16-,17?. The van der Waals surface area contributed by atoms with Crippen LogP contribution in [0.25, 0.3) is 0 Å². The highest BCUT2D eigenvalue weighted by molar-refractivity contribution is 4.88. The van der Waals surface area contributed by atoms with E-state index in [-0.39, 0.29) is 12.6 Å². The molecule has 2 aliphatic rings. The Hall–Kier alpha value is -0.420. The first kappa shape index (κ1) is 16.9. The van der Waals surface area contributed by atoms with E-state index < -0.39 is 0 Å². The molecule has 2 fully saturated rings. The minimum Gasteiger partial charge on any atom is -0.352 e. The van der Waals surface area contributed by atoms with Gasteiger partial charge in [-0.15, -0.1) is 0 Å². The zero-order valence-corrected chi connectivity index (χ0v) is 13.5. The molecule has 0 unspecified atom stereocenters. The van der Waals surface area contributed by atoms with E-state index in [1.807, 2.05) is 0 Å². The zero-order chi connectivity index (χ0) is 14.9. The predicted octanol–water partition coefficient (Wildman–Crippen LogP) is 3.51. The number of ether oxygens (including phenoxy) is 4. The van der Waals surface area contributed by atoms with Gasteiger partial charge in [-0.25, -0.2) is 0 Å². The molecule has 0 aromatic carbocycles. The van der Waals surface area contributed by atoms with Gasteiger partial charge < -0.3 is 18.9 Å². The van der Waals surface area contributed by atoms with Crippen molar-refractivity contribution in [1.82, 2.24) is 0 Å². The van der Waals surface area contributed by atoms with Gasteiger partial charge >= 0.3 is 0 Å². The lowest BCUT2D eigenvalue weighted by molar-refractivity contribution is -0.215. The fourth-order valence-corrected chi connectivity index (χ4v) is 2.69. The molecular formula is C17H30O4. The SMILES string of the molecule is CC/C=C/C1COC(CC[C@H]2CO[C@H](CCC)OC2)OC1. The molecule has 0 aromatic heterocycles. The zero-order valence-electron chi connectivity index (χ0n) is 13.5. The van der Waals surface area contributed by atoms with Gasteiger partial charge in [-0.2, -0.15) is 0 Å². The summed E-state index contributed by atoms with van der Waals surface area (Å²) in [5.41, 5.74) is 0. The van der Waals surface area contributed by atoms with Gasteiger partial charge in [-0.1, -0.05) is 32.4 Å². The van der Waals surface area contributed by atoms with Gasteiger partial charge in [0.1, 0.15) is 0 Å². The van der Waals surface area contributed by atoms with E-state index in [9.17, 15) is 0 Å². The number of hydrogen-bond acceptors (Lipinski definition) is 4. The molecular weight excluding hydrogens is 268 g/mol. The molecule has 21 heavy (non-hydrogen) atoms. The maximum Gasteiger partial charge on any atom is 0.157 e. The molecule has 0 atom stereocenters. The Balaban J connectivity index is 1.57. The number of allylic oxidation sites excluding steroid dienone is 1. The van der Waals surface area contributed by atoms with E-state index in [0.29, 0.717) is 11.8 Å². The first-order valence-corrected chi connectivity index (χ1v) is 8.44. The first-order valence-electron chi connectivity index (χ1n) is 8.44. The van der Waals surface area contributed by atoms with Crippen molar-refractivity contribution in [1.29, 1.82) is 0 Å². The van der Waals surface area contributed by atoms with Gasteiger partial charge in [-0.05, 0) is 25.7 Å². The first-order chi connectivity index (χ1) is 10.3. The van der Waals surface area contributed by atoms with E-state index in [2.05, 4.69) is 26.0 Å². The van der Waals surface area contributed by atoms with Crippen molar-refractivity contribution in [3.05, 3.63) is 12.2 Å². The molecule has 2 heterocycles. The Kier molecular flexibility index (Phi) is 7.72. The molecule has 0 bridgehead atoms. The Morgan fingerprint density at radius 3 is 2.05 bits per heavy atom. The van der Waals surface area contributed by atoms with Gasteiger partial charge in [0.15, 0.2) is 12.6 Å². The molecule has 2 aliphatic heterocycles. The van der Waals surface area contributed by atoms with Crippen LogP contribution in [0.4, 0.5) is 0 Å². The molecule has 0 N–H and O–H groups in total. The van der Waals surface area contributed by atoms with E-state index >= 15 is 0 Å². The normalized spacial score (nSPS) is 34.4. The second-order valence-corrected chi connectivity index (χ2v) is 6.02. The van der Waals surface area contributed by atoms with Crippen LogP contribution < -0.4 is 0 Å². The van der Waals surface area contributed by atoms with Crippen LogP contribution in [0.1, 0.15) is 46.0 Å². The summed E-state index contributed by atoms with van der Waals surface area (Å²) in [6, 6.07) is 0. The Morgan fingerprint density at radius 1 is 0.810 bits per heavy atom. The van der Waals surface area contributed by atoms with Crippen molar-refractivity contribution >= 4 is 0 Å². The largest absolute Gasteiger partial charge is 0.352 e. The molecule has 2 saturated heterocycles. The Labute approximate surface area is 128 Å². The third-order valence-electron chi connectivity index (χ3n) is 4.01. The molecule has 0 amide bonds. The minimum absolute atomic E-state index is 0.0135. The number of rotatable bonds is 7. The summed E-state index contributed by atoms with van der Waals surface area (Å²) < 4.78 is 23.0. The topological polar surface area (TPSA) is 36.9 Å².